The van der Waals surface area contributed by atoms with Gasteiger partial charge in [0, 0.05) is 33.8 Å². The van der Waals surface area contributed by atoms with Gasteiger partial charge in [-0.15, -0.1) is 20.4 Å². The predicted octanol–water partition coefficient (Wildman–Crippen LogP) is 5.71. The first-order chi connectivity index (χ1) is 30.4. The lowest BCUT2D eigenvalue weighted by atomic mass is 9.96. The lowest BCUT2D eigenvalue weighted by Gasteiger charge is -2.19. The highest BCUT2D eigenvalue weighted by Gasteiger charge is 2.31. The highest BCUT2D eigenvalue weighted by molar-refractivity contribution is 7.90. The maximum absolute atomic E-state index is 13.9. The number of nitrogens with two attached hydrogens (primary N) is 1. The fraction of sp³-hybridized carbons (Fsp3) is 0.0930. The molecule has 63 heavy (non-hydrogen) atoms. The molecule has 2 atom stereocenters. The Labute approximate surface area is 368 Å². The Morgan fingerprint density at radius 2 is 1.17 bits per heavy atom. The second-order valence-electron chi connectivity index (χ2n) is 14.0. The number of benzene rings is 5. The van der Waals surface area contributed by atoms with Crippen LogP contribution in [-0.2, 0) is 37.2 Å². The van der Waals surface area contributed by atoms with E-state index in [1.165, 1.54) is 36.5 Å². The highest BCUT2D eigenvalue weighted by Crippen LogP contribution is 2.32. The normalized spacial score (nSPS) is 12.4. The molecular weight excluding hydrogens is 870 g/mol. The molecular formula is C43H33Cl2N11O6S. The van der Waals surface area contributed by atoms with Crippen LogP contribution in [0.4, 0.5) is 0 Å². The molecule has 5 aromatic carbocycles. The summed E-state index contributed by atoms with van der Waals surface area (Å²) in [6.07, 6.45) is 1.02. The summed E-state index contributed by atoms with van der Waals surface area (Å²) >= 11 is 12.2. The Morgan fingerprint density at radius 1 is 0.667 bits per heavy atom. The molecule has 0 bridgehead atoms. The Morgan fingerprint density at radius 3 is 1.68 bits per heavy atom. The first kappa shape index (κ1) is 42.3. The summed E-state index contributed by atoms with van der Waals surface area (Å²) in [4.78, 5) is 40.9. The minimum Gasteiger partial charge on any atom is -0.390 e. The number of aromatic nitrogens is 9. The second-order valence-corrected chi connectivity index (χ2v) is 16.7. The van der Waals surface area contributed by atoms with Crippen molar-refractivity contribution in [2.45, 2.75) is 29.8 Å². The summed E-state index contributed by atoms with van der Waals surface area (Å²) in [6, 6.07) is 33.0. The van der Waals surface area contributed by atoms with E-state index >= 15 is 0 Å². The number of halogens is 2. The maximum Gasteiger partial charge on any atom is 0.336 e. The standard InChI is InChI=1S/C43H33Cl2N11O6S/c44-29-22-30(45)24-31(23-29)63(60,61)56-19-5-10-38(56)41(57)47-37(21-26-13-17-28(18-14-26)33-7-2-4-9-35(33)40-50-54-55-51-40)43(59)62-42(58)36(46)20-25-11-15-27(16-12-25)32-6-1-3-8-34(32)39-48-52-53-49-39/h1-19,22-24,36-37H,20-21,46H2,(H,47,57)(H,48,49,52,53)(H,50,51,54,55)/t36-,37-/m0/s1. The van der Waals surface area contributed by atoms with Gasteiger partial charge >= 0.3 is 11.9 Å². The molecule has 5 N–H and O–H groups in total. The second kappa shape index (κ2) is 18.3. The van der Waals surface area contributed by atoms with Gasteiger partial charge in [-0.1, -0.05) is 120 Å². The third-order valence-corrected chi connectivity index (χ3v) is 12.0. The molecule has 8 rings (SSSR count). The van der Waals surface area contributed by atoms with Crippen LogP contribution in [0.3, 0.4) is 0 Å². The van der Waals surface area contributed by atoms with Crippen LogP contribution in [0.25, 0.3) is 45.0 Å². The van der Waals surface area contributed by atoms with Crippen LogP contribution in [-0.4, -0.2) is 83.6 Å². The van der Waals surface area contributed by atoms with E-state index < -0.39 is 40.0 Å². The summed E-state index contributed by atoms with van der Waals surface area (Å²) in [5, 5.41) is 31.3. The predicted molar refractivity (Wildman–Crippen MR) is 231 cm³/mol. The van der Waals surface area contributed by atoms with Crippen LogP contribution in [0.5, 0.6) is 0 Å². The molecule has 0 fully saturated rings. The van der Waals surface area contributed by atoms with E-state index in [-0.39, 0.29) is 33.5 Å². The van der Waals surface area contributed by atoms with E-state index in [4.69, 9.17) is 33.7 Å². The number of hydrogen-bond acceptors (Lipinski definition) is 13. The van der Waals surface area contributed by atoms with Gasteiger partial charge < -0.3 is 15.8 Å². The van der Waals surface area contributed by atoms with Crippen LogP contribution in [0.15, 0.2) is 138 Å². The van der Waals surface area contributed by atoms with Gasteiger partial charge in [0.25, 0.3) is 15.9 Å². The minimum absolute atomic E-state index is 0.0155. The maximum atomic E-state index is 13.9. The molecule has 8 aromatic rings. The molecule has 0 unspecified atom stereocenters. The van der Waals surface area contributed by atoms with E-state index in [1.807, 2.05) is 72.8 Å². The van der Waals surface area contributed by atoms with E-state index in [0.717, 1.165) is 37.4 Å². The van der Waals surface area contributed by atoms with Gasteiger partial charge in [-0.2, -0.15) is 10.4 Å². The Balaban J connectivity index is 1.01. The summed E-state index contributed by atoms with van der Waals surface area (Å²) in [5.41, 5.74) is 12.0. The van der Waals surface area contributed by atoms with Crippen LogP contribution in [0.2, 0.25) is 10.0 Å². The number of aromatic amines is 2. The molecule has 0 aliphatic carbocycles. The molecule has 20 heteroatoms. The van der Waals surface area contributed by atoms with Crippen molar-refractivity contribution in [2.75, 3.05) is 0 Å². The summed E-state index contributed by atoms with van der Waals surface area (Å²) in [5.74, 6) is -2.29. The zero-order valence-electron chi connectivity index (χ0n) is 32.6. The van der Waals surface area contributed by atoms with Gasteiger partial charge in [0.15, 0.2) is 0 Å². The monoisotopic (exact) mass is 901 g/mol. The van der Waals surface area contributed by atoms with Crippen LogP contribution in [0.1, 0.15) is 21.6 Å². The highest BCUT2D eigenvalue weighted by atomic mass is 35.5. The SMILES string of the molecule is N[C@@H](Cc1ccc(-c2ccccc2-c2nn[nH]n2)cc1)C(=O)OC(=O)[C@H](Cc1ccc(-c2ccccc2-c2nn[nH]n2)cc1)NC(=O)c1cccn1S(=O)(=O)c1cc(Cl)cc(Cl)c1. The van der Waals surface area contributed by atoms with Gasteiger partial charge in [-0.25, -0.2) is 22.0 Å². The smallest absolute Gasteiger partial charge is 0.336 e. The third-order valence-electron chi connectivity index (χ3n) is 9.88. The third kappa shape index (κ3) is 9.43. The molecule has 0 saturated heterocycles. The number of ether oxygens (including phenoxy) is 1. The number of rotatable bonds is 14. The Hall–Kier alpha value is -7.38. The van der Waals surface area contributed by atoms with E-state index in [2.05, 4.69) is 46.6 Å². The molecule has 1 amide bonds. The van der Waals surface area contributed by atoms with Crippen molar-refractivity contribution in [2.24, 2.45) is 5.73 Å². The van der Waals surface area contributed by atoms with Gasteiger partial charge in [0.05, 0.1) is 4.90 Å². The topological polar surface area (TPSA) is 246 Å². The molecule has 17 nitrogen and oxygen atoms in total. The van der Waals surface area contributed by atoms with Crippen molar-refractivity contribution < 1.29 is 27.5 Å². The quantitative estimate of drug-likeness (QED) is 0.0756. The molecule has 0 saturated carbocycles. The average molecular weight is 903 g/mol. The Kier molecular flexibility index (Phi) is 12.3. The average Bonchev–Trinajstić information content (AvgIpc) is 4.11. The van der Waals surface area contributed by atoms with E-state index in [9.17, 15) is 22.8 Å². The van der Waals surface area contributed by atoms with Crippen LogP contribution < -0.4 is 11.1 Å². The first-order valence-corrected chi connectivity index (χ1v) is 21.2. The van der Waals surface area contributed by atoms with Gasteiger partial charge in [-0.05, 0) is 80.6 Å². The number of carbonyl (C=O) groups excluding carboxylic acids is 3. The molecule has 3 heterocycles. The molecule has 0 spiro atoms. The number of amides is 1. The number of tetrazole rings is 2. The van der Waals surface area contributed by atoms with Crippen molar-refractivity contribution in [3.8, 4) is 45.0 Å². The zero-order chi connectivity index (χ0) is 44.1. The van der Waals surface area contributed by atoms with Gasteiger partial charge in [-0.3, -0.25) is 4.79 Å². The number of H-pyrrole nitrogens is 2. The van der Waals surface area contributed by atoms with Crippen molar-refractivity contribution >= 4 is 51.1 Å². The van der Waals surface area contributed by atoms with Crippen molar-refractivity contribution in [1.29, 1.82) is 0 Å². The lowest BCUT2D eigenvalue weighted by Crippen LogP contribution is -2.46. The largest absolute Gasteiger partial charge is 0.390 e. The van der Waals surface area contributed by atoms with E-state index in [0.29, 0.717) is 22.8 Å². The van der Waals surface area contributed by atoms with Gasteiger partial charge in [0.1, 0.15) is 17.8 Å². The molecule has 0 aliphatic rings. The molecule has 0 radical (unpaired) electrons. The molecule has 316 valence electrons. The lowest BCUT2D eigenvalue weighted by molar-refractivity contribution is -0.162. The summed E-state index contributed by atoms with van der Waals surface area (Å²) < 4.78 is 33.5. The van der Waals surface area contributed by atoms with Crippen LogP contribution in [0, 0.1) is 0 Å². The fourth-order valence-electron chi connectivity index (χ4n) is 6.84. The number of nitrogens with zero attached hydrogens (tertiary/aromatic N) is 7. The van der Waals surface area contributed by atoms with Gasteiger partial charge in [0.2, 0.25) is 11.6 Å². The number of carbonyl (C=O) groups is 3. The van der Waals surface area contributed by atoms with Crippen molar-refractivity contribution in [3.63, 3.8) is 0 Å². The molecule has 0 aliphatic heterocycles. The van der Waals surface area contributed by atoms with Crippen LogP contribution >= 0.6 is 23.2 Å². The van der Waals surface area contributed by atoms with Crippen molar-refractivity contribution in [1.82, 2.24) is 50.5 Å². The Bertz CT molecular complexity index is 3020. The van der Waals surface area contributed by atoms with E-state index in [1.54, 1.807) is 24.3 Å². The molecule has 3 aromatic heterocycles. The first-order valence-electron chi connectivity index (χ1n) is 19.0. The summed E-state index contributed by atoms with van der Waals surface area (Å²) in [6.45, 7) is 0. The number of hydrogen-bond donors (Lipinski definition) is 4. The zero-order valence-corrected chi connectivity index (χ0v) is 34.9. The number of nitrogens with one attached hydrogen (secondary N) is 3. The van der Waals surface area contributed by atoms with Crippen molar-refractivity contribution in [3.05, 3.63) is 160 Å². The summed E-state index contributed by atoms with van der Waals surface area (Å²) in [7, 11) is -4.40. The minimum atomic E-state index is -4.40. The number of esters is 2. The fourth-order valence-corrected chi connectivity index (χ4v) is 8.91.